The molecule has 11 heterocycles. The molecule has 0 saturated carbocycles. The third-order valence-corrected chi connectivity index (χ3v) is 17.9. The number of hydrogen-bond donors (Lipinski definition) is 0. The maximum Gasteiger partial charge on any atom is 1.00 e. The van der Waals surface area contributed by atoms with E-state index in [1.807, 2.05) is 110 Å². The van der Waals surface area contributed by atoms with Crippen LogP contribution in [0, 0.1) is 73.0 Å². The number of ether oxygens (including phenoxy) is 2. The summed E-state index contributed by atoms with van der Waals surface area (Å²) in [5.74, 6) is 4.49. The zero-order chi connectivity index (χ0) is 65.2. The van der Waals surface area contributed by atoms with Gasteiger partial charge in [-0.3, -0.25) is 19.6 Å². The Morgan fingerprint density at radius 3 is 1.33 bits per heavy atom. The zero-order valence-electron chi connectivity index (χ0n) is 52.9. The number of nitrogens with zero attached hydrogens (tertiary/aromatic N) is 8. The Labute approximate surface area is 598 Å². The van der Waals surface area contributed by atoms with E-state index in [1.165, 1.54) is 0 Å². The molecule has 0 N–H and O–H groups in total. The van der Waals surface area contributed by atoms with Crippen molar-refractivity contribution in [3.05, 3.63) is 192 Å². The molecular formula is C74H62Cl2N8Na2O8+6. The van der Waals surface area contributed by atoms with Gasteiger partial charge in [-0.15, -0.1) is 25.7 Å². The number of carbonyl (C=O) groups excluding carboxylic acids is 4. The van der Waals surface area contributed by atoms with E-state index in [9.17, 15) is 29.4 Å². The van der Waals surface area contributed by atoms with Crippen molar-refractivity contribution >= 4 is 90.7 Å². The van der Waals surface area contributed by atoms with Gasteiger partial charge in [-0.05, 0) is 97.2 Å². The summed E-state index contributed by atoms with van der Waals surface area (Å²) in [6.07, 6.45) is 40.1. The molecule has 0 fully saturated rings. The molecule has 0 saturated heterocycles. The Hall–Kier alpha value is -8.62. The summed E-state index contributed by atoms with van der Waals surface area (Å²) < 4.78 is 22.2. The normalized spacial score (nSPS) is 13.8. The fraction of sp³-hybridized carbons (Fsp3) is 0.243. The van der Waals surface area contributed by atoms with Gasteiger partial charge in [0.25, 0.3) is 22.8 Å². The number of pyridine rings is 8. The Morgan fingerprint density at radius 2 is 0.894 bits per heavy atom. The van der Waals surface area contributed by atoms with Gasteiger partial charge < -0.3 is 29.3 Å². The van der Waals surface area contributed by atoms with Gasteiger partial charge in [0.05, 0.1) is 81.2 Å². The number of benzene rings is 2. The van der Waals surface area contributed by atoms with Crippen LogP contribution in [0.25, 0.3) is 66.4 Å². The number of rotatable bonds is 16. The van der Waals surface area contributed by atoms with Crippen LogP contribution in [0.4, 0.5) is 0 Å². The summed E-state index contributed by atoms with van der Waals surface area (Å²) in [6, 6.07) is 35.9. The number of terminal acetylenes is 4. The van der Waals surface area contributed by atoms with Gasteiger partial charge in [-0.25, -0.2) is 0 Å². The van der Waals surface area contributed by atoms with Crippen molar-refractivity contribution in [2.45, 2.75) is 76.7 Å². The van der Waals surface area contributed by atoms with Gasteiger partial charge in [-0.2, -0.15) is 0 Å². The second-order valence-electron chi connectivity index (χ2n) is 22.9. The molecule has 3 aliphatic rings. The maximum absolute atomic E-state index is 12.6. The van der Waals surface area contributed by atoms with Crippen LogP contribution >= 0.6 is 23.2 Å². The minimum absolute atomic E-state index is 0. The maximum atomic E-state index is 12.6. The fourth-order valence-corrected chi connectivity index (χ4v) is 13.0. The molecular weight excluding hydrogens is 1250 g/mol. The third kappa shape index (κ3) is 13.2. The van der Waals surface area contributed by atoms with E-state index < -0.39 is 58.0 Å². The predicted octanol–water partition coefficient (Wildman–Crippen LogP) is -0.0226. The Bertz CT molecular complexity index is 4730. The van der Waals surface area contributed by atoms with E-state index in [1.54, 1.807) is 49.2 Å². The standard InChI is InChI=1S/C37H31N4O4.C21H23Cl2N2O4.C16H8N2.2Na/c1-5-25-19-29-11-12-30-20-26(6-2)23-41-34(30)33(29)40(22-25)37(41)38-15-9-8-10-31(38)32-21-27(13-16-39(32)37)14-17-45-36(44)24(4)18-28(7-3)35(42)43;1-3-16(19(26)27)12-14(2)20(28)29-11-8-15-7-10-25-18(13-15)17-6-4-5-9-24(17)21(25,22)23;1-3-11-7-13-5-6-14-8-12(4-2)10-18-16(14)15(13)17-9-11;;/h1-2,8-13,15-16,19-24,28H,7,14,17-18H2,3-4H3;4-7,9-10,13-14,16H,3,8,11-12H2,1-2H3;1-2,5-10H;;/q+3;+1;;2*+1. The van der Waals surface area contributed by atoms with Crippen LogP contribution in [-0.4, -0.2) is 47.1 Å². The van der Waals surface area contributed by atoms with E-state index >= 15 is 0 Å². The largest absolute Gasteiger partial charge is 1.00 e. The monoisotopic (exact) mass is 1310 g/mol. The molecule has 2 aromatic carbocycles. The van der Waals surface area contributed by atoms with Crippen molar-refractivity contribution in [1.82, 2.24) is 9.97 Å². The molecule has 10 aromatic rings. The van der Waals surface area contributed by atoms with Gasteiger partial charge in [0.15, 0.2) is 24.8 Å². The molecule has 16 nitrogen and oxygen atoms in total. The third-order valence-electron chi connectivity index (χ3n) is 17.2. The van der Waals surface area contributed by atoms with Crippen molar-refractivity contribution in [3.8, 4) is 72.2 Å². The number of esters is 2. The Kier molecular flexibility index (Phi) is 21.8. The molecule has 4 atom stereocenters. The number of aliphatic carboxylic acids is 2. The molecule has 8 aromatic heterocycles. The van der Waals surface area contributed by atoms with E-state index in [2.05, 4.69) is 88.6 Å². The molecule has 0 amide bonds. The number of carbonyl (C=O) groups is 4. The minimum atomic E-state index is -1.23. The number of hydrogen-bond acceptors (Lipinski definition) is 10. The van der Waals surface area contributed by atoms with Crippen molar-refractivity contribution in [3.63, 3.8) is 0 Å². The SMILES string of the molecule is C#Cc1cc2ccc3cc(C#C)c[n+]4c3c2[n+](c1)C41[n+]2ccccc2-c2cc(CCOC(=O)C(C)CC(CC)C(=O)[O-])cc[n+]21.C#Cc1cnc2c(ccc3cc(C#C)cnc32)c1.CCC(CC(C)C(=O)OCCc1cc[n+]2c(c1)-c1cccc[n+]1C2(Cl)Cl)C(=O)[O-].[Na+].[Na+]. The first-order chi connectivity index (χ1) is 44.4. The molecule has 13 rings (SSSR count). The van der Waals surface area contributed by atoms with Crippen LogP contribution in [0.2, 0.25) is 0 Å². The Balaban J connectivity index is 0.000000182. The van der Waals surface area contributed by atoms with Crippen molar-refractivity contribution in [2.75, 3.05) is 13.2 Å². The first-order valence-electron chi connectivity index (χ1n) is 30.1. The molecule has 456 valence electrons. The van der Waals surface area contributed by atoms with Crippen molar-refractivity contribution in [2.24, 2.45) is 23.7 Å². The topological polar surface area (TPSA) is 182 Å². The number of carboxylic acids is 2. The number of halogens is 2. The Morgan fingerprint density at radius 1 is 0.511 bits per heavy atom. The van der Waals surface area contributed by atoms with Crippen LogP contribution in [0.5, 0.6) is 0 Å². The summed E-state index contributed by atoms with van der Waals surface area (Å²) in [4.78, 5) is 55.9. The zero-order valence-corrected chi connectivity index (χ0v) is 58.4. The molecule has 0 bridgehead atoms. The molecule has 0 aliphatic carbocycles. The summed E-state index contributed by atoms with van der Waals surface area (Å²) in [6.45, 7) is 7.29. The van der Waals surface area contributed by atoms with Gasteiger partial charge in [0.2, 0.25) is 12.4 Å². The van der Waals surface area contributed by atoms with E-state index in [4.69, 9.17) is 58.4 Å². The molecule has 20 heteroatoms. The molecule has 3 aliphatic heterocycles. The summed E-state index contributed by atoms with van der Waals surface area (Å²) in [5.41, 5.74) is 12.5. The summed E-state index contributed by atoms with van der Waals surface area (Å²) in [5, 5.41) is 26.4. The smallest absolute Gasteiger partial charge is 0.550 e. The van der Waals surface area contributed by atoms with E-state index in [-0.39, 0.29) is 85.2 Å². The fourth-order valence-electron chi connectivity index (χ4n) is 12.4. The predicted molar refractivity (Wildman–Crippen MR) is 339 cm³/mol. The summed E-state index contributed by atoms with van der Waals surface area (Å²) in [7, 11) is 0. The molecule has 1 spiro atoms. The number of aromatic nitrogens is 8. The van der Waals surface area contributed by atoms with Gasteiger partial charge in [-0.1, -0.05) is 72.6 Å². The number of alkyl halides is 2. The van der Waals surface area contributed by atoms with Gasteiger partial charge in [0, 0.05) is 126 Å². The van der Waals surface area contributed by atoms with Gasteiger partial charge in [0.1, 0.15) is 0 Å². The quantitative estimate of drug-likeness (QED) is 0.0319. The van der Waals surface area contributed by atoms with Crippen LogP contribution in [0.1, 0.15) is 86.8 Å². The first-order valence-corrected chi connectivity index (χ1v) is 30.8. The second-order valence-corrected chi connectivity index (χ2v) is 24.2. The molecule has 4 unspecified atom stereocenters. The number of carboxylic acid groups (broad SMARTS) is 2. The van der Waals surface area contributed by atoms with Crippen LogP contribution < -0.4 is 96.7 Å². The average molecular weight is 1310 g/mol. The second kappa shape index (κ2) is 29.3. The van der Waals surface area contributed by atoms with Crippen LogP contribution in [-0.2, 0) is 52.0 Å². The van der Waals surface area contributed by atoms with E-state index in [0.717, 1.165) is 99.8 Å². The first kappa shape index (κ1) is 69.7. The van der Waals surface area contributed by atoms with E-state index in [0.29, 0.717) is 25.7 Å². The van der Waals surface area contributed by atoms with Gasteiger partial charge >= 0.3 is 92.6 Å². The van der Waals surface area contributed by atoms with Crippen LogP contribution in [0.3, 0.4) is 0 Å². The van der Waals surface area contributed by atoms with Crippen molar-refractivity contribution in [1.29, 1.82) is 0 Å². The molecule has 94 heavy (non-hydrogen) atoms. The van der Waals surface area contributed by atoms with Crippen molar-refractivity contribution < 1.29 is 125 Å². The average Bonchev–Trinajstić information content (AvgIpc) is 1.50. The minimum Gasteiger partial charge on any atom is -0.550 e. The molecule has 0 radical (unpaired) electrons. The van der Waals surface area contributed by atoms with Crippen LogP contribution in [0.15, 0.2) is 159 Å². The summed E-state index contributed by atoms with van der Waals surface area (Å²) >= 11 is 13.0. The number of fused-ring (bicyclic) bond motifs is 13.